The molecule has 0 spiro atoms. The average molecular weight is 465 g/mol. The predicted octanol–water partition coefficient (Wildman–Crippen LogP) is 0.00210. The van der Waals surface area contributed by atoms with Crippen molar-refractivity contribution in [3.05, 3.63) is 44.6 Å². The lowest BCUT2D eigenvalue weighted by Crippen LogP contribution is -2.40. The molecule has 2 heterocycles. The van der Waals surface area contributed by atoms with Crippen LogP contribution in [0.2, 0.25) is 0 Å². The van der Waals surface area contributed by atoms with Crippen molar-refractivity contribution < 1.29 is 14.6 Å². The summed E-state index contributed by atoms with van der Waals surface area (Å²) in [6.07, 6.45) is 3.45. The van der Waals surface area contributed by atoms with E-state index < -0.39 is 11.2 Å². The largest absolute Gasteiger partial charge is 0.497 e. The number of aldehydes is 1. The van der Waals surface area contributed by atoms with Crippen LogP contribution in [0, 0.1) is 5.92 Å². The van der Waals surface area contributed by atoms with E-state index in [1.54, 1.807) is 23.6 Å². The van der Waals surface area contributed by atoms with Gasteiger partial charge in [-0.1, -0.05) is 24.0 Å². The first-order valence-corrected chi connectivity index (χ1v) is 11.4. The quantitative estimate of drug-likeness (QED) is 0.337. The Morgan fingerprint density at radius 3 is 2.71 bits per heavy atom. The molecular weight excluding hydrogens is 437 g/mol. The number of aliphatic hydroxyl groups is 1. The number of fused-ring (bicyclic) bond motifs is 1. The standard InChI is InChI=1S/C23H28BN5O5/c1-3-27-21(32)19-20(28(9-10-30)23(27)33)26-22(25-17-6-4-5-15(17)13-31)29(19)12-14-7-8-18(34-2)16(24)11-14/h7-8,11,13,15,17,30H,3-6,9-10,12H2,1-2H3,(H,25,26)/t15?,17-/m1/s1. The fraction of sp³-hybridized carbons (Fsp3) is 0.478. The van der Waals surface area contributed by atoms with E-state index >= 15 is 0 Å². The van der Waals surface area contributed by atoms with Crippen LogP contribution in [0.3, 0.4) is 0 Å². The Morgan fingerprint density at radius 2 is 2.06 bits per heavy atom. The van der Waals surface area contributed by atoms with Crippen LogP contribution < -0.4 is 26.8 Å². The Kier molecular flexibility index (Phi) is 6.92. The molecule has 1 saturated carbocycles. The van der Waals surface area contributed by atoms with Crippen molar-refractivity contribution in [1.29, 1.82) is 0 Å². The number of aromatic nitrogens is 4. The molecule has 1 fully saturated rings. The molecule has 0 saturated heterocycles. The van der Waals surface area contributed by atoms with E-state index in [0.717, 1.165) is 35.7 Å². The number of rotatable bonds is 9. The lowest BCUT2D eigenvalue weighted by atomic mass is 9.93. The number of aliphatic hydroxyl groups excluding tert-OH is 1. The van der Waals surface area contributed by atoms with E-state index in [1.165, 1.54) is 11.7 Å². The molecule has 10 nitrogen and oxygen atoms in total. The number of carbonyl (C=O) groups excluding carboxylic acids is 1. The van der Waals surface area contributed by atoms with Gasteiger partial charge in [0.2, 0.25) is 5.95 Å². The van der Waals surface area contributed by atoms with Crippen LogP contribution in [0.1, 0.15) is 31.7 Å². The minimum absolute atomic E-state index is 0.00193. The number of anilines is 1. The van der Waals surface area contributed by atoms with Gasteiger partial charge in [0, 0.05) is 18.5 Å². The Hall–Kier alpha value is -3.34. The van der Waals surface area contributed by atoms with Crippen LogP contribution in [0.5, 0.6) is 5.75 Å². The van der Waals surface area contributed by atoms with Crippen molar-refractivity contribution in [2.75, 3.05) is 19.0 Å². The highest BCUT2D eigenvalue weighted by Gasteiger charge is 2.29. The number of hydrogen-bond donors (Lipinski definition) is 2. The second kappa shape index (κ2) is 9.88. The van der Waals surface area contributed by atoms with Crippen LogP contribution in [-0.4, -0.2) is 57.7 Å². The summed E-state index contributed by atoms with van der Waals surface area (Å²) in [5.74, 6) is 0.777. The third kappa shape index (κ3) is 4.15. The molecule has 0 amide bonds. The Bertz CT molecular complexity index is 1330. The number of carbonyl (C=O) groups is 1. The van der Waals surface area contributed by atoms with Gasteiger partial charge < -0.3 is 20.0 Å². The van der Waals surface area contributed by atoms with Crippen molar-refractivity contribution in [1.82, 2.24) is 18.7 Å². The highest BCUT2D eigenvalue weighted by Crippen LogP contribution is 2.28. The van der Waals surface area contributed by atoms with Crippen molar-refractivity contribution in [2.45, 2.75) is 51.9 Å². The zero-order chi connectivity index (χ0) is 24.4. The summed E-state index contributed by atoms with van der Waals surface area (Å²) in [6, 6.07) is 5.24. The summed E-state index contributed by atoms with van der Waals surface area (Å²) in [5.41, 5.74) is 0.716. The van der Waals surface area contributed by atoms with Gasteiger partial charge >= 0.3 is 5.69 Å². The third-order valence-electron chi connectivity index (χ3n) is 6.45. The van der Waals surface area contributed by atoms with Gasteiger partial charge in [-0.25, -0.2) is 4.79 Å². The fourth-order valence-corrected chi connectivity index (χ4v) is 4.70. The zero-order valence-corrected chi connectivity index (χ0v) is 19.4. The summed E-state index contributed by atoms with van der Waals surface area (Å²) in [7, 11) is 7.63. The van der Waals surface area contributed by atoms with Gasteiger partial charge in [-0.2, -0.15) is 4.98 Å². The molecule has 178 valence electrons. The molecule has 0 aliphatic heterocycles. The minimum atomic E-state index is -0.523. The van der Waals surface area contributed by atoms with Crippen LogP contribution in [-0.2, 0) is 24.4 Å². The first kappa shape index (κ1) is 23.8. The van der Waals surface area contributed by atoms with Crippen LogP contribution in [0.25, 0.3) is 11.2 Å². The van der Waals surface area contributed by atoms with E-state index in [-0.39, 0.29) is 49.4 Å². The maximum Gasteiger partial charge on any atom is 0.332 e. The minimum Gasteiger partial charge on any atom is -0.497 e. The zero-order valence-electron chi connectivity index (χ0n) is 19.4. The maximum absolute atomic E-state index is 13.4. The van der Waals surface area contributed by atoms with Crippen molar-refractivity contribution in [3.63, 3.8) is 0 Å². The monoisotopic (exact) mass is 465 g/mol. The van der Waals surface area contributed by atoms with Gasteiger partial charge in [0.15, 0.2) is 11.2 Å². The lowest BCUT2D eigenvalue weighted by Gasteiger charge is -2.18. The molecule has 2 aromatic heterocycles. The molecule has 1 aliphatic carbocycles. The van der Waals surface area contributed by atoms with Gasteiger partial charge in [-0.15, -0.1) is 0 Å². The predicted molar refractivity (Wildman–Crippen MR) is 129 cm³/mol. The summed E-state index contributed by atoms with van der Waals surface area (Å²) < 4.78 is 9.41. The van der Waals surface area contributed by atoms with Crippen LogP contribution in [0.4, 0.5) is 5.95 Å². The van der Waals surface area contributed by atoms with Gasteiger partial charge in [-0.3, -0.25) is 18.5 Å². The van der Waals surface area contributed by atoms with E-state index in [2.05, 4.69) is 10.3 Å². The van der Waals surface area contributed by atoms with E-state index in [4.69, 9.17) is 12.6 Å². The number of ether oxygens (including phenoxy) is 1. The molecule has 1 aromatic carbocycles. The molecule has 1 aliphatic rings. The van der Waals surface area contributed by atoms with E-state index in [9.17, 15) is 19.5 Å². The topological polar surface area (TPSA) is 120 Å². The number of methoxy groups -OCH3 is 1. The number of nitrogens with one attached hydrogen (secondary N) is 1. The number of nitrogens with zero attached hydrogens (tertiary/aromatic N) is 4. The summed E-state index contributed by atoms with van der Waals surface area (Å²) in [4.78, 5) is 42.5. The summed E-state index contributed by atoms with van der Waals surface area (Å²) in [5, 5.41) is 12.9. The summed E-state index contributed by atoms with van der Waals surface area (Å²) in [6.45, 7) is 1.87. The molecule has 1 unspecified atom stereocenters. The van der Waals surface area contributed by atoms with Gasteiger partial charge in [0.05, 0.1) is 26.8 Å². The molecule has 2 atom stereocenters. The first-order chi connectivity index (χ1) is 16.4. The Morgan fingerprint density at radius 1 is 1.26 bits per heavy atom. The van der Waals surface area contributed by atoms with E-state index in [1.807, 2.05) is 6.07 Å². The molecule has 34 heavy (non-hydrogen) atoms. The maximum atomic E-state index is 13.4. The molecule has 2 N–H and O–H groups in total. The highest BCUT2D eigenvalue weighted by atomic mass is 16.5. The molecule has 0 bridgehead atoms. The van der Waals surface area contributed by atoms with Crippen molar-refractivity contribution >= 4 is 36.7 Å². The van der Waals surface area contributed by atoms with Crippen LogP contribution in [0.15, 0.2) is 27.8 Å². The van der Waals surface area contributed by atoms with E-state index in [0.29, 0.717) is 17.2 Å². The van der Waals surface area contributed by atoms with Gasteiger partial charge in [0.25, 0.3) is 5.56 Å². The second-order valence-corrected chi connectivity index (χ2v) is 8.46. The Labute approximate surface area is 197 Å². The summed E-state index contributed by atoms with van der Waals surface area (Å²) >= 11 is 0. The fourth-order valence-electron chi connectivity index (χ4n) is 4.70. The van der Waals surface area contributed by atoms with Crippen molar-refractivity contribution in [2.24, 2.45) is 5.92 Å². The van der Waals surface area contributed by atoms with Gasteiger partial charge in [0.1, 0.15) is 19.9 Å². The normalized spacial score (nSPS) is 17.9. The highest BCUT2D eigenvalue weighted by molar-refractivity contribution is 6.34. The SMILES string of the molecule is [B]c1cc(Cn2c(N[C@@H]3CCCC3C=O)nc3c2c(=O)n(CC)c(=O)n3CCO)ccc1OC. The van der Waals surface area contributed by atoms with Crippen molar-refractivity contribution in [3.8, 4) is 5.75 Å². The molecular formula is C23H28BN5O5. The smallest absolute Gasteiger partial charge is 0.332 e. The number of hydrogen-bond acceptors (Lipinski definition) is 7. The molecule has 4 rings (SSSR count). The molecule has 2 radical (unpaired) electrons. The Balaban J connectivity index is 1.93. The third-order valence-corrected chi connectivity index (χ3v) is 6.45. The number of benzene rings is 1. The molecule has 11 heteroatoms. The van der Waals surface area contributed by atoms with Crippen LogP contribution >= 0.6 is 0 Å². The molecule has 3 aromatic rings. The van der Waals surface area contributed by atoms with Gasteiger partial charge in [-0.05, 0) is 31.4 Å². The average Bonchev–Trinajstić information content (AvgIpc) is 3.42. The number of imidazole rings is 1. The first-order valence-electron chi connectivity index (χ1n) is 11.4. The second-order valence-electron chi connectivity index (χ2n) is 8.46. The lowest BCUT2D eigenvalue weighted by molar-refractivity contribution is -0.111.